The zero-order valence-electron chi connectivity index (χ0n) is 13.4. The van der Waals surface area contributed by atoms with Gasteiger partial charge in [0.2, 0.25) is 0 Å². The standard InChI is InChI=1S/C20H16N2O2S/c23-18-10-5-4-9-15(18)17-13-16(14-7-2-1-3-8-14)21-22(17)20(24)19-11-6-12-25-19/h1-12,17,23H,13H2/t17-/m0/s1. The summed E-state index contributed by atoms with van der Waals surface area (Å²) in [5.74, 6) is 0.0372. The van der Waals surface area contributed by atoms with E-state index in [-0.39, 0.29) is 17.7 Å². The second-order valence-electron chi connectivity index (χ2n) is 5.82. The normalized spacial score (nSPS) is 16.7. The van der Waals surface area contributed by atoms with Crippen molar-refractivity contribution in [2.24, 2.45) is 5.10 Å². The van der Waals surface area contributed by atoms with E-state index in [1.54, 1.807) is 18.2 Å². The van der Waals surface area contributed by atoms with Gasteiger partial charge in [-0.05, 0) is 23.1 Å². The van der Waals surface area contributed by atoms with Gasteiger partial charge in [0.25, 0.3) is 5.91 Å². The molecule has 1 aliphatic heterocycles. The van der Waals surface area contributed by atoms with Crippen LogP contribution >= 0.6 is 11.3 Å². The van der Waals surface area contributed by atoms with Crippen LogP contribution in [-0.4, -0.2) is 21.7 Å². The number of para-hydroxylation sites is 1. The van der Waals surface area contributed by atoms with Crippen molar-refractivity contribution >= 4 is 23.0 Å². The maximum absolute atomic E-state index is 12.9. The lowest BCUT2D eigenvalue weighted by Crippen LogP contribution is -2.26. The zero-order chi connectivity index (χ0) is 17.2. The topological polar surface area (TPSA) is 52.9 Å². The van der Waals surface area contributed by atoms with E-state index in [0.29, 0.717) is 16.9 Å². The van der Waals surface area contributed by atoms with E-state index in [2.05, 4.69) is 5.10 Å². The minimum absolute atomic E-state index is 0.144. The van der Waals surface area contributed by atoms with Crippen molar-refractivity contribution < 1.29 is 9.90 Å². The number of carbonyl (C=O) groups is 1. The van der Waals surface area contributed by atoms with Crippen molar-refractivity contribution in [3.8, 4) is 5.75 Å². The molecule has 4 rings (SSSR count). The molecule has 0 bridgehead atoms. The van der Waals surface area contributed by atoms with Crippen molar-refractivity contribution in [2.75, 3.05) is 0 Å². The average molecular weight is 348 g/mol. The molecule has 0 unspecified atom stereocenters. The van der Waals surface area contributed by atoms with Gasteiger partial charge in [-0.1, -0.05) is 54.6 Å². The number of hydrazone groups is 1. The fraction of sp³-hybridized carbons (Fsp3) is 0.100. The average Bonchev–Trinajstić information content (AvgIpc) is 3.32. The van der Waals surface area contributed by atoms with Gasteiger partial charge in [0.15, 0.2) is 0 Å². The lowest BCUT2D eigenvalue weighted by Gasteiger charge is -2.22. The van der Waals surface area contributed by atoms with E-state index in [9.17, 15) is 9.90 Å². The minimum Gasteiger partial charge on any atom is -0.508 e. The van der Waals surface area contributed by atoms with Crippen LogP contribution in [0.1, 0.15) is 33.3 Å². The molecule has 0 spiro atoms. The summed E-state index contributed by atoms with van der Waals surface area (Å²) in [6.45, 7) is 0. The summed E-state index contributed by atoms with van der Waals surface area (Å²) < 4.78 is 0. The highest BCUT2D eigenvalue weighted by Crippen LogP contribution is 2.38. The van der Waals surface area contributed by atoms with E-state index >= 15 is 0 Å². The first-order valence-corrected chi connectivity index (χ1v) is 8.90. The molecule has 1 atom stereocenters. The smallest absolute Gasteiger partial charge is 0.284 e. The first kappa shape index (κ1) is 15.6. The third-order valence-electron chi connectivity index (χ3n) is 4.25. The molecule has 3 aromatic rings. The molecule has 0 aliphatic carbocycles. The lowest BCUT2D eigenvalue weighted by molar-refractivity contribution is 0.0714. The first-order valence-electron chi connectivity index (χ1n) is 8.02. The molecule has 1 aromatic heterocycles. The Hall–Kier alpha value is -2.92. The monoisotopic (exact) mass is 348 g/mol. The Balaban J connectivity index is 1.75. The van der Waals surface area contributed by atoms with Crippen molar-refractivity contribution in [1.29, 1.82) is 0 Å². The van der Waals surface area contributed by atoms with Gasteiger partial charge in [0.05, 0.1) is 16.6 Å². The highest BCUT2D eigenvalue weighted by atomic mass is 32.1. The Labute approximate surface area is 149 Å². The Morgan fingerprint density at radius 1 is 1.04 bits per heavy atom. The number of hydrogen-bond acceptors (Lipinski definition) is 4. The van der Waals surface area contributed by atoms with Crippen molar-refractivity contribution in [3.05, 3.63) is 88.1 Å². The van der Waals surface area contributed by atoms with Crippen LogP contribution < -0.4 is 0 Å². The highest BCUT2D eigenvalue weighted by Gasteiger charge is 2.35. The van der Waals surface area contributed by atoms with Crippen molar-refractivity contribution in [3.63, 3.8) is 0 Å². The van der Waals surface area contributed by atoms with Crippen LogP contribution in [0.25, 0.3) is 0 Å². The van der Waals surface area contributed by atoms with Gasteiger partial charge in [0, 0.05) is 12.0 Å². The molecule has 5 heteroatoms. The van der Waals surface area contributed by atoms with Crippen LogP contribution in [0.15, 0.2) is 77.2 Å². The van der Waals surface area contributed by atoms with Crippen molar-refractivity contribution in [2.45, 2.75) is 12.5 Å². The lowest BCUT2D eigenvalue weighted by atomic mass is 9.97. The Kier molecular flexibility index (Phi) is 4.07. The van der Waals surface area contributed by atoms with E-state index in [1.807, 2.05) is 53.9 Å². The number of hydrogen-bond donors (Lipinski definition) is 1. The van der Waals surface area contributed by atoms with Crippen LogP contribution in [0.3, 0.4) is 0 Å². The third-order valence-corrected chi connectivity index (χ3v) is 5.11. The number of phenols is 1. The molecule has 0 radical (unpaired) electrons. The van der Waals surface area contributed by atoms with Gasteiger partial charge >= 0.3 is 0 Å². The van der Waals surface area contributed by atoms with Gasteiger partial charge in [0.1, 0.15) is 5.75 Å². The fourth-order valence-electron chi connectivity index (χ4n) is 3.03. The highest BCUT2D eigenvalue weighted by molar-refractivity contribution is 7.12. The summed E-state index contributed by atoms with van der Waals surface area (Å²) in [7, 11) is 0. The number of amides is 1. The molecule has 2 aromatic carbocycles. The van der Waals surface area contributed by atoms with Crippen LogP contribution in [0.4, 0.5) is 0 Å². The second-order valence-corrected chi connectivity index (χ2v) is 6.77. The largest absolute Gasteiger partial charge is 0.508 e. The number of benzene rings is 2. The van der Waals surface area contributed by atoms with Gasteiger partial charge in [-0.3, -0.25) is 4.79 Å². The molecule has 4 nitrogen and oxygen atoms in total. The van der Waals surface area contributed by atoms with Gasteiger partial charge < -0.3 is 5.11 Å². The van der Waals surface area contributed by atoms with Crippen LogP contribution in [0.5, 0.6) is 5.75 Å². The molecule has 1 amide bonds. The Morgan fingerprint density at radius 2 is 1.80 bits per heavy atom. The second kappa shape index (κ2) is 6.53. The summed E-state index contributed by atoms with van der Waals surface area (Å²) in [6, 6.07) is 20.3. The summed E-state index contributed by atoms with van der Waals surface area (Å²) in [5, 5.41) is 18.3. The molecule has 25 heavy (non-hydrogen) atoms. The molecule has 0 saturated heterocycles. The van der Waals surface area contributed by atoms with Gasteiger partial charge in [-0.15, -0.1) is 11.3 Å². The predicted molar refractivity (Wildman–Crippen MR) is 98.9 cm³/mol. The molecule has 0 fully saturated rings. The van der Waals surface area contributed by atoms with Crippen LogP contribution in [0, 0.1) is 0 Å². The summed E-state index contributed by atoms with van der Waals surface area (Å²) in [6.07, 6.45) is 0.568. The number of nitrogens with zero attached hydrogens (tertiary/aromatic N) is 2. The number of thiophene rings is 1. The Morgan fingerprint density at radius 3 is 2.52 bits per heavy atom. The number of phenolic OH excluding ortho intramolecular Hbond substituents is 1. The third kappa shape index (κ3) is 2.94. The maximum atomic E-state index is 12.9. The quantitative estimate of drug-likeness (QED) is 0.760. The van der Waals surface area contributed by atoms with E-state index in [1.165, 1.54) is 16.3 Å². The molecule has 0 saturated carbocycles. The first-order chi connectivity index (χ1) is 12.2. The van der Waals surface area contributed by atoms with E-state index in [0.717, 1.165) is 11.3 Å². The maximum Gasteiger partial charge on any atom is 0.284 e. The van der Waals surface area contributed by atoms with E-state index in [4.69, 9.17) is 0 Å². The van der Waals surface area contributed by atoms with Gasteiger partial charge in [-0.2, -0.15) is 5.10 Å². The zero-order valence-corrected chi connectivity index (χ0v) is 14.2. The molecule has 2 heterocycles. The summed E-state index contributed by atoms with van der Waals surface area (Å²) >= 11 is 1.39. The van der Waals surface area contributed by atoms with Crippen LogP contribution in [-0.2, 0) is 0 Å². The molecular formula is C20H16N2O2S. The molecule has 1 N–H and O–H groups in total. The summed E-state index contributed by atoms with van der Waals surface area (Å²) in [4.78, 5) is 13.6. The predicted octanol–water partition coefficient (Wildman–Crippen LogP) is 4.45. The van der Waals surface area contributed by atoms with Crippen LogP contribution in [0.2, 0.25) is 0 Å². The molecule has 124 valence electrons. The summed E-state index contributed by atoms with van der Waals surface area (Å²) in [5.41, 5.74) is 2.55. The molecular weight excluding hydrogens is 332 g/mol. The fourth-order valence-corrected chi connectivity index (χ4v) is 3.68. The SMILES string of the molecule is O=C(c1cccs1)N1N=C(c2ccccc2)C[C@H]1c1ccccc1O. The minimum atomic E-state index is -0.314. The number of rotatable bonds is 3. The molecule has 1 aliphatic rings. The van der Waals surface area contributed by atoms with Gasteiger partial charge in [-0.25, -0.2) is 5.01 Å². The number of aromatic hydroxyl groups is 1. The van der Waals surface area contributed by atoms with Crippen molar-refractivity contribution in [1.82, 2.24) is 5.01 Å². The Bertz CT molecular complexity index is 920. The number of carbonyl (C=O) groups excluding carboxylic acids is 1. The van der Waals surface area contributed by atoms with E-state index < -0.39 is 0 Å².